The fourth-order valence-electron chi connectivity index (χ4n) is 3.28. The van der Waals surface area contributed by atoms with Crippen LogP contribution in [0.2, 0.25) is 0 Å². The molecule has 3 N–H and O–H groups in total. The number of rotatable bonds is 5. The minimum Gasteiger partial charge on any atom is -0.497 e. The number of nitrogens with one attached hydrogen (secondary N) is 1. The van der Waals surface area contributed by atoms with E-state index in [1.165, 1.54) is 18.2 Å². The molecule has 0 spiro atoms. The van der Waals surface area contributed by atoms with E-state index in [9.17, 15) is 14.0 Å². The smallest absolute Gasteiger partial charge is 0.333 e. The van der Waals surface area contributed by atoms with E-state index in [1.807, 2.05) is 28.8 Å². The van der Waals surface area contributed by atoms with Crippen LogP contribution in [0.1, 0.15) is 15.9 Å². The fourth-order valence-corrected chi connectivity index (χ4v) is 3.28. The number of aromatic nitrogens is 2. The number of nitrogens with two attached hydrogens (primary N) is 1. The van der Waals surface area contributed by atoms with Crippen LogP contribution in [0.4, 0.5) is 9.18 Å². The molecule has 162 valence electrons. The van der Waals surface area contributed by atoms with Gasteiger partial charge in [0.25, 0.3) is 5.91 Å². The van der Waals surface area contributed by atoms with Crippen LogP contribution in [0.15, 0.2) is 73.1 Å². The third-order valence-corrected chi connectivity index (χ3v) is 4.89. The molecule has 3 amide bonds. The zero-order chi connectivity index (χ0) is 22.7. The molecule has 0 aliphatic heterocycles. The zero-order valence-corrected chi connectivity index (χ0v) is 17.2. The van der Waals surface area contributed by atoms with E-state index < -0.39 is 17.8 Å². The predicted octanol–water partition coefficient (Wildman–Crippen LogP) is 3.40. The van der Waals surface area contributed by atoms with E-state index in [1.54, 1.807) is 37.7 Å². The Kier molecular flexibility index (Phi) is 5.71. The van der Waals surface area contributed by atoms with Gasteiger partial charge in [-0.1, -0.05) is 12.1 Å². The van der Waals surface area contributed by atoms with Gasteiger partial charge in [-0.15, -0.1) is 0 Å². The van der Waals surface area contributed by atoms with E-state index in [0.717, 1.165) is 16.4 Å². The Morgan fingerprint density at radius 3 is 2.59 bits per heavy atom. The van der Waals surface area contributed by atoms with E-state index >= 15 is 0 Å². The Hall–Kier alpha value is -4.40. The van der Waals surface area contributed by atoms with Gasteiger partial charge in [-0.3, -0.25) is 14.8 Å². The quantitative estimate of drug-likeness (QED) is 0.471. The minimum absolute atomic E-state index is 0.0785. The summed E-state index contributed by atoms with van der Waals surface area (Å²) in [5, 5.41) is 0.933. The Morgan fingerprint density at radius 1 is 1.12 bits per heavy atom. The first-order chi connectivity index (χ1) is 15.4. The normalized spacial score (nSPS) is 10.7. The summed E-state index contributed by atoms with van der Waals surface area (Å²) < 4.78 is 20.5. The minimum atomic E-state index is -0.869. The van der Waals surface area contributed by atoms with Crippen LogP contribution in [-0.4, -0.2) is 33.6 Å². The van der Waals surface area contributed by atoms with Crippen LogP contribution in [0, 0.1) is 5.82 Å². The van der Waals surface area contributed by atoms with Gasteiger partial charge in [0, 0.05) is 11.3 Å². The lowest BCUT2D eigenvalue weighted by Gasteiger charge is -2.21. The molecule has 0 unspecified atom stereocenters. The van der Waals surface area contributed by atoms with Crippen molar-refractivity contribution >= 4 is 23.0 Å². The summed E-state index contributed by atoms with van der Waals surface area (Å²) >= 11 is 0. The molecule has 0 aliphatic carbocycles. The topological polar surface area (TPSA) is 102 Å². The van der Waals surface area contributed by atoms with Gasteiger partial charge < -0.3 is 10.5 Å². The molecule has 8 nitrogen and oxygen atoms in total. The van der Waals surface area contributed by atoms with Crippen LogP contribution >= 0.6 is 0 Å². The largest absolute Gasteiger partial charge is 0.497 e. The number of nitrogens with zero attached hydrogens (tertiary/aromatic N) is 3. The number of urea groups is 1. The SMILES string of the molecule is COc1ccc(-n2cnc3ccc(C(=O)NN(Cc4cccc(F)c4)C(N)=O)cc32)cc1. The van der Waals surface area contributed by atoms with Gasteiger partial charge in [0.05, 0.1) is 24.7 Å². The summed E-state index contributed by atoms with van der Waals surface area (Å²) in [4.78, 5) is 29.0. The van der Waals surface area contributed by atoms with Gasteiger partial charge in [-0.25, -0.2) is 19.2 Å². The van der Waals surface area contributed by atoms with Crippen molar-refractivity contribution in [3.8, 4) is 11.4 Å². The molecule has 0 aliphatic rings. The van der Waals surface area contributed by atoms with Crippen molar-refractivity contribution in [2.75, 3.05) is 7.11 Å². The number of hydrogen-bond donors (Lipinski definition) is 2. The van der Waals surface area contributed by atoms with Crippen molar-refractivity contribution in [1.82, 2.24) is 20.0 Å². The molecule has 0 atom stereocenters. The van der Waals surface area contributed by atoms with Crippen molar-refractivity contribution in [3.05, 3.63) is 90.0 Å². The van der Waals surface area contributed by atoms with Gasteiger partial charge in [0.2, 0.25) is 0 Å². The van der Waals surface area contributed by atoms with Crippen molar-refractivity contribution in [2.24, 2.45) is 5.73 Å². The van der Waals surface area contributed by atoms with E-state index in [2.05, 4.69) is 10.4 Å². The number of carbonyl (C=O) groups excluding carboxylic acids is 2. The molecule has 9 heteroatoms. The molecule has 0 bridgehead atoms. The number of imidazole rings is 1. The number of carbonyl (C=O) groups is 2. The lowest BCUT2D eigenvalue weighted by molar-refractivity contribution is 0.0825. The molecular weight excluding hydrogens is 413 g/mol. The van der Waals surface area contributed by atoms with E-state index in [4.69, 9.17) is 10.5 Å². The molecular formula is C23H20FN5O3. The number of amides is 3. The number of methoxy groups -OCH3 is 1. The van der Waals surface area contributed by atoms with Crippen LogP contribution in [0.5, 0.6) is 5.75 Å². The van der Waals surface area contributed by atoms with Crippen molar-refractivity contribution < 1.29 is 18.7 Å². The Labute approximate surface area is 183 Å². The average molecular weight is 433 g/mol. The second-order valence-corrected chi connectivity index (χ2v) is 7.01. The Morgan fingerprint density at radius 2 is 1.91 bits per heavy atom. The fraction of sp³-hybridized carbons (Fsp3) is 0.0870. The highest BCUT2D eigenvalue weighted by Crippen LogP contribution is 2.22. The predicted molar refractivity (Wildman–Crippen MR) is 117 cm³/mol. The monoisotopic (exact) mass is 433 g/mol. The molecule has 4 rings (SSSR count). The van der Waals surface area contributed by atoms with Crippen LogP contribution in [0.25, 0.3) is 16.7 Å². The molecule has 3 aromatic carbocycles. The number of halogens is 1. The number of hydrogen-bond acceptors (Lipinski definition) is 4. The number of benzene rings is 3. The zero-order valence-electron chi connectivity index (χ0n) is 17.2. The number of primary amides is 1. The standard InChI is InChI=1S/C23H20FN5O3/c1-32-19-8-6-18(7-9-19)28-14-26-20-10-5-16(12-21(20)28)22(30)27-29(23(25)31)13-15-3-2-4-17(24)11-15/h2-12,14H,13H2,1H3,(H2,25,31)(H,27,30). The highest BCUT2D eigenvalue weighted by molar-refractivity contribution is 5.98. The van der Waals surface area contributed by atoms with Crippen molar-refractivity contribution in [1.29, 1.82) is 0 Å². The molecule has 1 heterocycles. The molecule has 0 radical (unpaired) electrons. The molecule has 4 aromatic rings. The van der Waals surface area contributed by atoms with Crippen LogP contribution < -0.4 is 15.9 Å². The molecule has 0 saturated carbocycles. The lowest BCUT2D eigenvalue weighted by atomic mass is 10.2. The van der Waals surface area contributed by atoms with Crippen LogP contribution in [0.3, 0.4) is 0 Å². The van der Waals surface area contributed by atoms with Gasteiger partial charge >= 0.3 is 6.03 Å². The summed E-state index contributed by atoms with van der Waals surface area (Å²) in [5.41, 5.74) is 10.9. The summed E-state index contributed by atoms with van der Waals surface area (Å²) in [6, 6.07) is 17.2. The van der Waals surface area contributed by atoms with E-state index in [0.29, 0.717) is 22.2 Å². The first kappa shape index (κ1) is 20.9. The Balaban J connectivity index is 1.59. The van der Waals surface area contributed by atoms with Crippen LogP contribution in [-0.2, 0) is 6.54 Å². The summed E-state index contributed by atoms with van der Waals surface area (Å²) in [6.45, 7) is -0.0785. The summed E-state index contributed by atoms with van der Waals surface area (Å²) in [5.74, 6) is -0.261. The maximum Gasteiger partial charge on any atom is 0.333 e. The number of fused-ring (bicyclic) bond motifs is 1. The number of hydrazine groups is 1. The number of ether oxygens (including phenoxy) is 1. The molecule has 1 aromatic heterocycles. The maximum absolute atomic E-state index is 13.4. The third-order valence-electron chi connectivity index (χ3n) is 4.89. The summed E-state index contributed by atoms with van der Waals surface area (Å²) in [6.07, 6.45) is 1.66. The Bertz CT molecular complexity index is 1290. The first-order valence-electron chi connectivity index (χ1n) is 9.68. The average Bonchev–Trinajstić information content (AvgIpc) is 3.22. The maximum atomic E-state index is 13.4. The van der Waals surface area contributed by atoms with Crippen molar-refractivity contribution in [2.45, 2.75) is 6.54 Å². The highest BCUT2D eigenvalue weighted by Gasteiger charge is 2.17. The second kappa shape index (κ2) is 8.76. The lowest BCUT2D eigenvalue weighted by Crippen LogP contribution is -2.48. The van der Waals surface area contributed by atoms with Crippen molar-refractivity contribution in [3.63, 3.8) is 0 Å². The molecule has 0 saturated heterocycles. The molecule has 0 fully saturated rings. The second-order valence-electron chi connectivity index (χ2n) is 7.01. The van der Waals surface area contributed by atoms with Gasteiger partial charge in [0.1, 0.15) is 17.9 Å². The highest BCUT2D eigenvalue weighted by atomic mass is 19.1. The first-order valence-corrected chi connectivity index (χ1v) is 9.68. The third kappa shape index (κ3) is 4.36. The van der Waals surface area contributed by atoms with Gasteiger partial charge in [-0.2, -0.15) is 0 Å². The van der Waals surface area contributed by atoms with E-state index in [-0.39, 0.29) is 6.54 Å². The van der Waals surface area contributed by atoms with Gasteiger partial charge in [0.15, 0.2) is 0 Å². The molecule has 32 heavy (non-hydrogen) atoms. The summed E-state index contributed by atoms with van der Waals surface area (Å²) in [7, 11) is 1.59. The van der Waals surface area contributed by atoms with Gasteiger partial charge in [-0.05, 0) is 60.2 Å².